The van der Waals surface area contributed by atoms with Gasteiger partial charge >= 0.3 is 12.2 Å². The third-order valence-electron chi connectivity index (χ3n) is 4.57. The average Bonchev–Trinajstić information content (AvgIpc) is 3.32. The van der Waals surface area contributed by atoms with E-state index >= 15 is 0 Å². The fraction of sp³-hybridized carbons (Fsp3) is 0.500. The molecule has 0 bridgehead atoms. The zero-order valence-electron chi connectivity index (χ0n) is 13.8. The molecule has 0 aromatic heterocycles. The Labute approximate surface area is 145 Å². The molecule has 136 valence electrons. The van der Waals surface area contributed by atoms with Gasteiger partial charge < -0.3 is 14.7 Å². The molecule has 1 aromatic carbocycles. The van der Waals surface area contributed by atoms with Crippen molar-refractivity contribution in [3.8, 4) is 0 Å². The number of carbonyl (C=O) groups excluding carboxylic acids is 1. The highest BCUT2D eigenvalue weighted by molar-refractivity contribution is 7.92. The van der Waals surface area contributed by atoms with E-state index in [2.05, 4.69) is 10.1 Å². The Morgan fingerprint density at radius 1 is 1.28 bits per heavy atom. The van der Waals surface area contributed by atoms with Crippen LogP contribution in [0.1, 0.15) is 37.3 Å². The summed E-state index contributed by atoms with van der Waals surface area (Å²) in [7, 11) is -2.27. The van der Waals surface area contributed by atoms with Gasteiger partial charge in [-0.1, -0.05) is 0 Å². The van der Waals surface area contributed by atoms with Gasteiger partial charge in [-0.15, -0.1) is 0 Å². The van der Waals surface area contributed by atoms with Crippen molar-refractivity contribution < 1.29 is 27.9 Å². The largest absolute Gasteiger partial charge is 0.465 e. The Bertz CT molecular complexity index is 803. The first-order valence-corrected chi connectivity index (χ1v) is 9.61. The fourth-order valence-corrected chi connectivity index (χ4v) is 5.09. The van der Waals surface area contributed by atoms with Crippen LogP contribution >= 0.6 is 0 Å². The first kappa shape index (κ1) is 17.5. The van der Waals surface area contributed by atoms with Crippen LogP contribution in [0.4, 0.5) is 15.3 Å². The number of amides is 2. The Kier molecular flexibility index (Phi) is 4.59. The standard InChI is InChI=1S/C16H20N2O6S/c1-24-15(19)17-10-4-7-14(25(22,23)11-5-6-11)12(9-10)13-3-2-8-18(13)16(20)21/h4,7,9,11,13H,2-3,5-6,8H2,1H3,(H,17,19)(H,20,21)/t13-/m1/s1. The van der Waals surface area contributed by atoms with Crippen molar-refractivity contribution in [3.05, 3.63) is 23.8 Å². The lowest BCUT2D eigenvalue weighted by Crippen LogP contribution is -2.30. The predicted octanol–water partition coefficient (Wildman–Crippen LogP) is 2.62. The van der Waals surface area contributed by atoms with E-state index in [1.807, 2.05) is 0 Å². The second-order valence-corrected chi connectivity index (χ2v) is 8.44. The lowest BCUT2D eigenvalue weighted by atomic mass is 10.0. The molecule has 9 heteroatoms. The molecular weight excluding hydrogens is 348 g/mol. The van der Waals surface area contributed by atoms with Crippen molar-refractivity contribution >= 4 is 27.7 Å². The molecule has 8 nitrogen and oxygen atoms in total. The first-order chi connectivity index (χ1) is 11.8. The van der Waals surface area contributed by atoms with Gasteiger partial charge in [-0.25, -0.2) is 18.0 Å². The number of likely N-dealkylation sites (tertiary alicyclic amines) is 1. The van der Waals surface area contributed by atoms with E-state index in [9.17, 15) is 23.1 Å². The van der Waals surface area contributed by atoms with Crippen molar-refractivity contribution in [3.63, 3.8) is 0 Å². The van der Waals surface area contributed by atoms with Gasteiger partial charge in [-0.3, -0.25) is 5.32 Å². The molecule has 0 spiro atoms. The molecule has 2 aliphatic rings. The fourth-order valence-electron chi connectivity index (χ4n) is 3.19. The van der Waals surface area contributed by atoms with Gasteiger partial charge in [0.2, 0.25) is 0 Å². The molecule has 0 unspecified atom stereocenters. The molecule has 2 N–H and O–H groups in total. The molecule has 2 fully saturated rings. The van der Waals surface area contributed by atoms with Crippen LogP contribution in [0, 0.1) is 0 Å². The van der Waals surface area contributed by atoms with Crippen molar-refractivity contribution in [2.45, 2.75) is 41.9 Å². The second-order valence-electron chi connectivity index (χ2n) is 6.25. The number of hydrogen-bond donors (Lipinski definition) is 2. The summed E-state index contributed by atoms with van der Waals surface area (Å²) in [6.45, 7) is 0.359. The van der Waals surface area contributed by atoms with E-state index < -0.39 is 33.3 Å². The number of hydrogen-bond acceptors (Lipinski definition) is 5. The Morgan fingerprint density at radius 2 is 2.00 bits per heavy atom. The van der Waals surface area contributed by atoms with Crippen LogP contribution in [-0.2, 0) is 14.6 Å². The van der Waals surface area contributed by atoms with E-state index in [-0.39, 0.29) is 4.90 Å². The van der Waals surface area contributed by atoms with Gasteiger partial charge in [0, 0.05) is 12.2 Å². The third-order valence-corrected chi connectivity index (χ3v) is 6.90. The lowest BCUT2D eigenvalue weighted by molar-refractivity contribution is 0.140. The number of carbonyl (C=O) groups is 2. The van der Waals surface area contributed by atoms with Crippen LogP contribution in [0.25, 0.3) is 0 Å². The van der Waals surface area contributed by atoms with Crippen LogP contribution in [0.15, 0.2) is 23.1 Å². The van der Waals surface area contributed by atoms with E-state index in [4.69, 9.17) is 0 Å². The Morgan fingerprint density at radius 3 is 2.60 bits per heavy atom. The maximum atomic E-state index is 12.8. The summed E-state index contributed by atoms with van der Waals surface area (Å²) in [6.07, 6.45) is 0.693. The number of benzene rings is 1. The summed E-state index contributed by atoms with van der Waals surface area (Å²) >= 11 is 0. The normalized spacial score (nSPS) is 20.4. The third kappa shape index (κ3) is 3.41. The number of nitrogens with zero attached hydrogens (tertiary/aromatic N) is 1. The van der Waals surface area contributed by atoms with Crippen LogP contribution in [-0.4, -0.2) is 49.5 Å². The molecule has 1 aliphatic heterocycles. The SMILES string of the molecule is COC(=O)Nc1ccc(S(=O)(=O)C2CC2)c([C@H]2CCCN2C(=O)O)c1. The molecule has 2 amide bonds. The smallest absolute Gasteiger partial charge is 0.411 e. The molecule has 1 aromatic rings. The van der Waals surface area contributed by atoms with Crippen molar-refractivity contribution in [2.75, 3.05) is 19.0 Å². The number of methoxy groups -OCH3 is 1. The molecule has 25 heavy (non-hydrogen) atoms. The lowest BCUT2D eigenvalue weighted by Gasteiger charge is -2.24. The summed E-state index contributed by atoms with van der Waals surface area (Å²) in [5.74, 6) is 0. The quantitative estimate of drug-likeness (QED) is 0.845. The van der Waals surface area contributed by atoms with Gasteiger partial charge in [0.1, 0.15) is 0 Å². The van der Waals surface area contributed by atoms with Crippen molar-refractivity contribution in [2.24, 2.45) is 0 Å². The molecule has 1 aliphatic carbocycles. The highest BCUT2D eigenvalue weighted by Gasteiger charge is 2.41. The topological polar surface area (TPSA) is 113 Å². The Hall–Kier alpha value is -2.29. The van der Waals surface area contributed by atoms with Gasteiger partial charge in [0.25, 0.3) is 0 Å². The summed E-state index contributed by atoms with van der Waals surface area (Å²) < 4.78 is 30.1. The number of rotatable bonds is 4. The average molecular weight is 368 g/mol. The van der Waals surface area contributed by atoms with E-state index in [0.717, 1.165) is 0 Å². The van der Waals surface area contributed by atoms with Crippen LogP contribution in [0.5, 0.6) is 0 Å². The monoisotopic (exact) mass is 368 g/mol. The number of nitrogens with one attached hydrogen (secondary N) is 1. The van der Waals surface area contributed by atoms with Gasteiger partial charge in [-0.2, -0.15) is 0 Å². The first-order valence-electron chi connectivity index (χ1n) is 8.07. The van der Waals surface area contributed by atoms with E-state index in [1.54, 1.807) is 0 Å². The summed E-state index contributed by atoms with van der Waals surface area (Å²) in [4.78, 5) is 24.3. The van der Waals surface area contributed by atoms with E-state index in [1.165, 1.54) is 30.2 Å². The number of carboxylic acid groups (broad SMARTS) is 1. The molecule has 1 heterocycles. The summed E-state index contributed by atoms with van der Waals surface area (Å²) in [5, 5.41) is 11.5. The minimum Gasteiger partial charge on any atom is -0.465 e. The maximum Gasteiger partial charge on any atom is 0.411 e. The molecule has 1 atom stereocenters. The highest BCUT2D eigenvalue weighted by atomic mass is 32.2. The Balaban J connectivity index is 2.06. The molecule has 0 radical (unpaired) electrons. The molecule has 1 saturated heterocycles. The zero-order chi connectivity index (χ0) is 18.2. The minimum atomic E-state index is -3.50. The number of ether oxygens (including phenoxy) is 1. The van der Waals surface area contributed by atoms with E-state index in [0.29, 0.717) is 43.5 Å². The number of sulfone groups is 1. The summed E-state index contributed by atoms with van der Waals surface area (Å²) in [5.41, 5.74) is 0.787. The van der Waals surface area contributed by atoms with Gasteiger partial charge in [0.05, 0.1) is 23.3 Å². The molecule has 3 rings (SSSR count). The van der Waals surface area contributed by atoms with Gasteiger partial charge in [0.15, 0.2) is 9.84 Å². The molecular formula is C16H20N2O6S. The maximum absolute atomic E-state index is 12.8. The zero-order valence-corrected chi connectivity index (χ0v) is 14.6. The highest BCUT2D eigenvalue weighted by Crippen LogP contribution is 2.41. The van der Waals surface area contributed by atoms with Crippen molar-refractivity contribution in [1.82, 2.24) is 4.90 Å². The predicted molar refractivity (Wildman–Crippen MR) is 89.4 cm³/mol. The minimum absolute atomic E-state index is 0.156. The summed E-state index contributed by atoms with van der Waals surface area (Å²) in [6, 6.07) is 3.95. The second kappa shape index (κ2) is 6.55. The number of anilines is 1. The van der Waals surface area contributed by atoms with Crippen molar-refractivity contribution in [1.29, 1.82) is 0 Å². The van der Waals surface area contributed by atoms with Crippen LogP contribution in [0.3, 0.4) is 0 Å². The van der Waals surface area contributed by atoms with Crippen LogP contribution in [0.2, 0.25) is 0 Å². The van der Waals surface area contributed by atoms with Gasteiger partial charge in [-0.05, 0) is 49.4 Å². The molecule has 1 saturated carbocycles. The van der Waals surface area contributed by atoms with Crippen LogP contribution < -0.4 is 5.32 Å².